The maximum Gasteiger partial charge on any atom is 0.323 e. The molecular weight excluding hydrogens is 270 g/mol. The molecule has 0 amide bonds. The molecule has 1 aromatic carbocycles. The van der Waals surface area contributed by atoms with E-state index in [2.05, 4.69) is 5.32 Å². The predicted molar refractivity (Wildman–Crippen MR) is 82.2 cm³/mol. The third-order valence-electron chi connectivity index (χ3n) is 3.26. The van der Waals surface area contributed by atoms with Gasteiger partial charge in [0, 0.05) is 12.5 Å². The average molecular weight is 295 g/mol. The van der Waals surface area contributed by atoms with Crippen LogP contribution in [-0.4, -0.2) is 36.4 Å². The van der Waals surface area contributed by atoms with Crippen molar-refractivity contribution in [2.45, 2.75) is 45.7 Å². The predicted octanol–water partition coefficient (Wildman–Crippen LogP) is 2.61. The molecule has 1 unspecified atom stereocenters. The third-order valence-corrected chi connectivity index (χ3v) is 3.26. The van der Waals surface area contributed by atoms with Crippen LogP contribution in [0.2, 0.25) is 0 Å². The van der Waals surface area contributed by atoms with Crippen LogP contribution in [0.3, 0.4) is 0 Å². The molecule has 1 rings (SSSR count). The summed E-state index contributed by atoms with van der Waals surface area (Å²) in [5.41, 5.74) is 0.0718. The Morgan fingerprint density at radius 1 is 1.38 bits per heavy atom. The Hall–Kier alpha value is -1.75. The number of aryl methyl sites for hydroxylation is 1. The number of benzene rings is 1. The summed E-state index contributed by atoms with van der Waals surface area (Å²) in [5, 5.41) is 12.4. The maximum atomic E-state index is 11.4. The van der Waals surface area contributed by atoms with Gasteiger partial charge in [-0.15, -0.1) is 0 Å². The van der Waals surface area contributed by atoms with E-state index in [-0.39, 0.29) is 6.04 Å². The molecule has 2 N–H and O–H groups in total. The monoisotopic (exact) mass is 295 g/mol. The quantitative estimate of drug-likeness (QED) is 0.771. The van der Waals surface area contributed by atoms with Crippen molar-refractivity contribution < 1.29 is 19.4 Å². The SMILES string of the molecule is COc1cc(C)ccc1OCCC(C)(NC(C)C)C(=O)O. The minimum atomic E-state index is -1.01. The number of hydrogen-bond acceptors (Lipinski definition) is 4. The van der Waals surface area contributed by atoms with Gasteiger partial charge in [0.1, 0.15) is 5.54 Å². The second-order valence-electron chi connectivity index (χ2n) is 5.69. The van der Waals surface area contributed by atoms with Gasteiger partial charge in [0.2, 0.25) is 0 Å². The molecule has 0 spiro atoms. The molecule has 0 radical (unpaired) electrons. The first-order valence-electron chi connectivity index (χ1n) is 7.07. The lowest BCUT2D eigenvalue weighted by molar-refractivity contribution is -0.145. The van der Waals surface area contributed by atoms with E-state index in [0.29, 0.717) is 24.5 Å². The fourth-order valence-corrected chi connectivity index (χ4v) is 2.14. The lowest BCUT2D eigenvalue weighted by atomic mass is 9.97. The zero-order chi connectivity index (χ0) is 16.0. The zero-order valence-electron chi connectivity index (χ0n) is 13.4. The summed E-state index contributed by atoms with van der Waals surface area (Å²) in [4.78, 5) is 11.4. The van der Waals surface area contributed by atoms with Gasteiger partial charge in [-0.3, -0.25) is 10.1 Å². The highest BCUT2D eigenvalue weighted by Crippen LogP contribution is 2.28. The molecular formula is C16H25NO4. The molecule has 0 heterocycles. The Kier molecular flexibility index (Phi) is 6.03. The highest BCUT2D eigenvalue weighted by molar-refractivity contribution is 5.78. The van der Waals surface area contributed by atoms with Crippen LogP contribution in [0.5, 0.6) is 11.5 Å². The molecule has 1 atom stereocenters. The van der Waals surface area contributed by atoms with Crippen molar-refractivity contribution in [2.75, 3.05) is 13.7 Å². The first kappa shape index (κ1) is 17.3. The number of hydrogen-bond donors (Lipinski definition) is 2. The second kappa shape index (κ2) is 7.31. The van der Waals surface area contributed by atoms with E-state index in [1.807, 2.05) is 39.0 Å². The van der Waals surface area contributed by atoms with Crippen molar-refractivity contribution in [1.29, 1.82) is 0 Å². The Morgan fingerprint density at radius 2 is 2.05 bits per heavy atom. The highest BCUT2D eigenvalue weighted by Gasteiger charge is 2.33. The molecule has 5 heteroatoms. The zero-order valence-corrected chi connectivity index (χ0v) is 13.4. The van der Waals surface area contributed by atoms with Gasteiger partial charge in [0.25, 0.3) is 0 Å². The minimum Gasteiger partial charge on any atom is -0.493 e. The highest BCUT2D eigenvalue weighted by atomic mass is 16.5. The fraction of sp³-hybridized carbons (Fsp3) is 0.562. The Morgan fingerprint density at radius 3 is 2.57 bits per heavy atom. The summed E-state index contributed by atoms with van der Waals surface area (Å²) < 4.78 is 10.9. The Labute approximate surface area is 126 Å². The lowest BCUT2D eigenvalue weighted by Crippen LogP contribution is -2.53. The summed E-state index contributed by atoms with van der Waals surface area (Å²) in [6.07, 6.45) is 0.359. The van der Waals surface area contributed by atoms with Crippen LogP contribution < -0.4 is 14.8 Å². The number of ether oxygens (including phenoxy) is 2. The number of carbonyl (C=O) groups is 1. The van der Waals surface area contributed by atoms with Gasteiger partial charge in [-0.1, -0.05) is 6.07 Å². The first-order chi connectivity index (χ1) is 9.78. The summed E-state index contributed by atoms with van der Waals surface area (Å²) in [7, 11) is 1.59. The van der Waals surface area contributed by atoms with E-state index in [9.17, 15) is 9.90 Å². The summed E-state index contributed by atoms with van der Waals surface area (Å²) >= 11 is 0. The average Bonchev–Trinajstić information content (AvgIpc) is 2.39. The largest absolute Gasteiger partial charge is 0.493 e. The van der Waals surface area contributed by atoms with E-state index in [4.69, 9.17) is 9.47 Å². The first-order valence-corrected chi connectivity index (χ1v) is 7.07. The van der Waals surface area contributed by atoms with Crippen LogP contribution in [0.15, 0.2) is 18.2 Å². The van der Waals surface area contributed by atoms with Crippen molar-refractivity contribution >= 4 is 5.97 Å². The van der Waals surface area contributed by atoms with Crippen LogP contribution in [0.1, 0.15) is 32.8 Å². The van der Waals surface area contributed by atoms with Gasteiger partial charge in [0.05, 0.1) is 13.7 Å². The number of nitrogens with one attached hydrogen (secondary N) is 1. The molecule has 21 heavy (non-hydrogen) atoms. The van der Waals surface area contributed by atoms with E-state index in [0.717, 1.165) is 5.56 Å². The molecule has 1 aromatic rings. The molecule has 0 fully saturated rings. The number of aliphatic carboxylic acids is 1. The van der Waals surface area contributed by atoms with Crippen molar-refractivity contribution in [1.82, 2.24) is 5.32 Å². The lowest BCUT2D eigenvalue weighted by Gasteiger charge is -2.28. The van der Waals surface area contributed by atoms with Crippen molar-refractivity contribution in [3.05, 3.63) is 23.8 Å². The molecule has 0 saturated heterocycles. The topological polar surface area (TPSA) is 67.8 Å². The van der Waals surface area contributed by atoms with Gasteiger partial charge < -0.3 is 14.6 Å². The van der Waals surface area contributed by atoms with E-state index < -0.39 is 11.5 Å². The maximum absolute atomic E-state index is 11.4. The van der Waals surface area contributed by atoms with Crippen LogP contribution in [0, 0.1) is 6.92 Å². The van der Waals surface area contributed by atoms with Gasteiger partial charge in [0.15, 0.2) is 11.5 Å². The third kappa shape index (κ3) is 4.93. The second-order valence-corrected chi connectivity index (χ2v) is 5.69. The van der Waals surface area contributed by atoms with E-state index in [1.54, 1.807) is 14.0 Å². The van der Waals surface area contributed by atoms with Gasteiger partial charge >= 0.3 is 5.97 Å². The molecule has 0 bridgehead atoms. The molecule has 0 saturated carbocycles. The van der Waals surface area contributed by atoms with E-state index >= 15 is 0 Å². The van der Waals surface area contributed by atoms with Gasteiger partial charge in [-0.2, -0.15) is 0 Å². The molecule has 0 aliphatic rings. The smallest absolute Gasteiger partial charge is 0.323 e. The van der Waals surface area contributed by atoms with E-state index in [1.165, 1.54) is 0 Å². The fourth-order valence-electron chi connectivity index (χ4n) is 2.14. The summed E-state index contributed by atoms with van der Waals surface area (Å²) in [5.74, 6) is 0.403. The molecule has 0 aliphatic heterocycles. The van der Waals surface area contributed by atoms with Gasteiger partial charge in [-0.05, 0) is 45.4 Å². The Balaban J connectivity index is 2.68. The molecule has 0 aromatic heterocycles. The molecule has 0 aliphatic carbocycles. The van der Waals surface area contributed by atoms with Crippen molar-refractivity contribution in [3.8, 4) is 11.5 Å². The van der Waals surface area contributed by atoms with Crippen LogP contribution in [-0.2, 0) is 4.79 Å². The number of rotatable bonds is 8. The van der Waals surface area contributed by atoms with Crippen LogP contribution in [0.25, 0.3) is 0 Å². The number of carboxylic acids is 1. The minimum absolute atomic E-state index is 0.0833. The van der Waals surface area contributed by atoms with Crippen LogP contribution >= 0.6 is 0 Å². The molecule has 5 nitrogen and oxygen atoms in total. The normalized spacial score (nSPS) is 13.8. The number of carboxylic acid groups (broad SMARTS) is 1. The van der Waals surface area contributed by atoms with Crippen molar-refractivity contribution in [2.24, 2.45) is 0 Å². The standard InChI is InChI=1S/C16H25NO4/c1-11(2)17-16(4,15(18)19)8-9-21-13-7-6-12(3)10-14(13)20-5/h6-7,10-11,17H,8-9H2,1-5H3,(H,18,19). The van der Waals surface area contributed by atoms with Gasteiger partial charge in [-0.25, -0.2) is 0 Å². The number of methoxy groups -OCH3 is 1. The Bertz CT molecular complexity index is 487. The van der Waals surface area contributed by atoms with Crippen molar-refractivity contribution in [3.63, 3.8) is 0 Å². The van der Waals surface area contributed by atoms with Crippen LogP contribution in [0.4, 0.5) is 0 Å². The summed E-state index contributed by atoms with van der Waals surface area (Å²) in [6, 6.07) is 5.74. The molecule has 118 valence electrons. The summed E-state index contributed by atoms with van der Waals surface area (Å²) in [6.45, 7) is 7.78.